The van der Waals surface area contributed by atoms with Gasteiger partial charge in [-0.25, -0.2) is 9.97 Å². The molecule has 2 fully saturated rings. The fraction of sp³-hybridized carbons (Fsp3) is 0.737. The lowest BCUT2D eigenvalue weighted by Gasteiger charge is -2.37. The number of likely N-dealkylation sites (tertiary alicyclic amines) is 1. The minimum atomic E-state index is -0.0713. The summed E-state index contributed by atoms with van der Waals surface area (Å²) in [4.78, 5) is 14.8. The standard InChI is InChI=1S/C19H30N6/c1-18(2,3)17-21-15-14(12-20-24(15)5)16(22-17)25-11-8-19(13-25)6-9-23(4)10-7-19/h12H,6-11,13H2,1-5H3. The van der Waals surface area contributed by atoms with E-state index in [1.54, 1.807) is 0 Å². The van der Waals surface area contributed by atoms with Gasteiger partial charge in [-0.3, -0.25) is 4.68 Å². The number of aromatic nitrogens is 4. The van der Waals surface area contributed by atoms with Crippen LogP contribution in [0, 0.1) is 5.41 Å². The molecule has 136 valence electrons. The number of rotatable bonds is 1. The van der Waals surface area contributed by atoms with E-state index in [0.717, 1.165) is 35.8 Å². The van der Waals surface area contributed by atoms with Crippen molar-refractivity contribution in [2.75, 3.05) is 38.1 Å². The number of fused-ring (bicyclic) bond motifs is 1. The first kappa shape index (κ1) is 16.8. The zero-order valence-corrected chi connectivity index (χ0v) is 16.2. The van der Waals surface area contributed by atoms with Gasteiger partial charge in [0.05, 0.1) is 11.6 Å². The molecular weight excluding hydrogens is 312 g/mol. The molecule has 6 nitrogen and oxygen atoms in total. The second-order valence-corrected chi connectivity index (χ2v) is 9.10. The van der Waals surface area contributed by atoms with Gasteiger partial charge in [0.25, 0.3) is 0 Å². The minimum Gasteiger partial charge on any atom is -0.355 e. The summed E-state index contributed by atoms with van der Waals surface area (Å²) in [5, 5.41) is 5.53. The highest BCUT2D eigenvalue weighted by Crippen LogP contribution is 2.42. The maximum atomic E-state index is 5.01. The van der Waals surface area contributed by atoms with E-state index in [4.69, 9.17) is 9.97 Å². The van der Waals surface area contributed by atoms with Crippen LogP contribution in [0.3, 0.4) is 0 Å². The Morgan fingerprint density at radius 1 is 1.00 bits per heavy atom. The lowest BCUT2D eigenvalue weighted by molar-refractivity contribution is 0.142. The number of aryl methyl sites for hydroxylation is 1. The highest BCUT2D eigenvalue weighted by molar-refractivity contribution is 5.87. The van der Waals surface area contributed by atoms with Crippen molar-refractivity contribution in [1.29, 1.82) is 0 Å². The zero-order valence-electron chi connectivity index (χ0n) is 16.2. The summed E-state index contributed by atoms with van der Waals surface area (Å²) < 4.78 is 1.87. The highest BCUT2D eigenvalue weighted by Gasteiger charge is 2.41. The van der Waals surface area contributed by atoms with Crippen LogP contribution < -0.4 is 4.90 Å². The van der Waals surface area contributed by atoms with Crippen LogP contribution in [0.4, 0.5) is 5.82 Å². The first-order valence-corrected chi connectivity index (χ1v) is 9.41. The van der Waals surface area contributed by atoms with Crippen molar-refractivity contribution in [1.82, 2.24) is 24.6 Å². The molecule has 0 radical (unpaired) electrons. The Labute approximate surface area is 150 Å². The Hall–Kier alpha value is -1.69. The van der Waals surface area contributed by atoms with Crippen molar-refractivity contribution in [3.05, 3.63) is 12.0 Å². The average Bonchev–Trinajstić information content (AvgIpc) is 3.14. The third kappa shape index (κ3) is 2.90. The Balaban J connectivity index is 1.72. The molecule has 0 saturated carbocycles. The van der Waals surface area contributed by atoms with Crippen LogP contribution in [0.2, 0.25) is 0 Å². The summed E-state index contributed by atoms with van der Waals surface area (Å²) >= 11 is 0. The fourth-order valence-corrected chi connectivity index (χ4v) is 4.20. The van der Waals surface area contributed by atoms with E-state index in [2.05, 4.69) is 42.7 Å². The minimum absolute atomic E-state index is 0.0713. The van der Waals surface area contributed by atoms with Gasteiger partial charge in [0, 0.05) is 25.6 Å². The Morgan fingerprint density at radius 3 is 2.36 bits per heavy atom. The van der Waals surface area contributed by atoms with Crippen LogP contribution in [0.1, 0.15) is 45.9 Å². The number of hydrogen-bond acceptors (Lipinski definition) is 5. The molecular formula is C19H30N6. The molecule has 0 atom stereocenters. The fourth-order valence-electron chi connectivity index (χ4n) is 4.20. The second kappa shape index (κ2) is 5.66. The topological polar surface area (TPSA) is 50.1 Å². The summed E-state index contributed by atoms with van der Waals surface area (Å²) in [7, 11) is 4.20. The van der Waals surface area contributed by atoms with Crippen molar-refractivity contribution in [3.63, 3.8) is 0 Å². The number of piperidine rings is 1. The molecule has 2 aromatic rings. The van der Waals surface area contributed by atoms with Crippen LogP contribution in [0.15, 0.2) is 6.20 Å². The number of hydrogen-bond donors (Lipinski definition) is 0. The molecule has 0 aromatic carbocycles. The molecule has 0 unspecified atom stereocenters. The van der Waals surface area contributed by atoms with E-state index < -0.39 is 0 Å². The third-order valence-electron chi connectivity index (χ3n) is 6.03. The quantitative estimate of drug-likeness (QED) is 0.797. The molecule has 2 aromatic heterocycles. The SMILES string of the molecule is CN1CCC2(CC1)CCN(c1nc(C(C)(C)C)nc3c1cnn3C)C2. The largest absolute Gasteiger partial charge is 0.355 e. The van der Waals surface area contributed by atoms with Gasteiger partial charge in [-0.2, -0.15) is 5.10 Å². The summed E-state index contributed by atoms with van der Waals surface area (Å²) in [6.45, 7) is 11.2. The van der Waals surface area contributed by atoms with Crippen LogP contribution in [0.5, 0.6) is 0 Å². The van der Waals surface area contributed by atoms with Gasteiger partial charge in [-0.15, -0.1) is 0 Å². The summed E-state index contributed by atoms with van der Waals surface area (Å²) in [5.74, 6) is 1.99. The van der Waals surface area contributed by atoms with Gasteiger partial charge in [-0.05, 0) is 44.8 Å². The molecule has 4 heterocycles. The van der Waals surface area contributed by atoms with Gasteiger partial charge in [0.1, 0.15) is 11.6 Å². The van der Waals surface area contributed by atoms with E-state index in [9.17, 15) is 0 Å². The van der Waals surface area contributed by atoms with Gasteiger partial charge >= 0.3 is 0 Å². The Bertz CT molecular complexity index is 779. The smallest absolute Gasteiger partial charge is 0.163 e. The van der Waals surface area contributed by atoms with Gasteiger partial charge in [-0.1, -0.05) is 20.8 Å². The highest BCUT2D eigenvalue weighted by atomic mass is 15.3. The van der Waals surface area contributed by atoms with E-state index >= 15 is 0 Å². The van der Waals surface area contributed by atoms with Gasteiger partial charge in [0.2, 0.25) is 0 Å². The molecule has 2 aliphatic rings. The van der Waals surface area contributed by atoms with Crippen LogP contribution in [-0.4, -0.2) is 57.9 Å². The van der Waals surface area contributed by atoms with Gasteiger partial charge < -0.3 is 9.80 Å². The summed E-state index contributed by atoms with van der Waals surface area (Å²) in [5.41, 5.74) is 1.34. The maximum absolute atomic E-state index is 5.01. The molecule has 25 heavy (non-hydrogen) atoms. The molecule has 2 saturated heterocycles. The molecule has 0 aliphatic carbocycles. The Morgan fingerprint density at radius 2 is 1.68 bits per heavy atom. The van der Waals surface area contributed by atoms with Gasteiger partial charge in [0.15, 0.2) is 5.65 Å². The van der Waals surface area contributed by atoms with Crippen LogP contribution in [0.25, 0.3) is 11.0 Å². The lowest BCUT2D eigenvalue weighted by Crippen LogP contribution is -2.39. The monoisotopic (exact) mass is 342 g/mol. The number of nitrogens with zero attached hydrogens (tertiary/aromatic N) is 6. The molecule has 1 spiro atoms. The molecule has 0 N–H and O–H groups in total. The number of anilines is 1. The van der Waals surface area contributed by atoms with Crippen LogP contribution >= 0.6 is 0 Å². The molecule has 4 rings (SSSR count). The average molecular weight is 342 g/mol. The predicted octanol–water partition coefficient (Wildman–Crippen LogP) is 2.58. The summed E-state index contributed by atoms with van der Waals surface area (Å²) in [6.07, 6.45) is 5.80. The van der Waals surface area contributed by atoms with Crippen molar-refractivity contribution >= 4 is 16.9 Å². The lowest BCUT2D eigenvalue weighted by atomic mass is 9.78. The first-order chi connectivity index (χ1) is 11.8. The van der Waals surface area contributed by atoms with Crippen molar-refractivity contribution in [2.45, 2.75) is 45.4 Å². The van der Waals surface area contributed by atoms with E-state index in [1.807, 2.05) is 17.9 Å². The zero-order chi connectivity index (χ0) is 17.8. The Kier molecular flexibility index (Phi) is 3.79. The van der Waals surface area contributed by atoms with Crippen molar-refractivity contribution in [3.8, 4) is 0 Å². The molecule has 2 aliphatic heterocycles. The van der Waals surface area contributed by atoms with E-state index in [-0.39, 0.29) is 5.41 Å². The van der Waals surface area contributed by atoms with Crippen molar-refractivity contribution in [2.24, 2.45) is 12.5 Å². The molecule has 0 bridgehead atoms. The second-order valence-electron chi connectivity index (χ2n) is 9.10. The van der Waals surface area contributed by atoms with E-state index in [0.29, 0.717) is 5.41 Å². The van der Waals surface area contributed by atoms with Crippen molar-refractivity contribution < 1.29 is 0 Å². The normalized spacial score (nSPS) is 21.6. The first-order valence-electron chi connectivity index (χ1n) is 9.41. The predicted molar refractivity (Wildman–Crippen MR) is 101 cm³/mol. The van der Waals surface area contributed by atoms with Crippen LogP contribution in [-0.2, 0) is 12.5 Å². The maximum Gasteiger partial charge on any atom is 0.163 e. The molecule has 0 amide bonds. The molecule has 6 heteroatoms. The third-order valence-corrected chi connectivity index (χ3v) is 6.03. The summed E-state index contributed by atoms with van der Waals surface area (Å²) in [6, 6.07) is 0. The van der Waals surface area contributed by atoms with E-state index in [1.165, 1.54) is 32.4 Å².